The van der Waals surface area contributed by atoms with Crippen molar-refractivity contribution in [2.75, 3.05) is 6.54 Å². The Hall–Kier alpha value is -2.14. The molecule has 0 saturated heterocycles. The van der Waals surface area contributed by atoms with Gasteiger partial charge in [0.15, 0.2) is 5.69 Å². The number of carbonyl (C=O) groups excluding carboxylic acids is 1. The second kappa shape index (κ2) is 6.54. The van der Waals surface area contributed by atoms with Gasteiger partial charge in [-0.2, -0.15) is 0 Å². The summed E-state index contributed by atoms with van der Waals surface area (Å²) in [7, 11) is 0. The van der Waals surface area contributed by atoms with Crippen molar-refractivity contribution in [2.24, 2.45) is 5.73 Å². The van der Waals surface area contributed by atoms with Crippen LogP contribution in [0.25, 0.3) is 0 Å². The molecule has 1 aromatic heterocycles. The van der Waals surface area contributed by atoms with Crippen molar-refractivity contribution in [3.8, 4) is 0 Å². The zero-order valence-corrected chi connectivity index (χ0v) is 12.6. The van der Waals surface area contributed by atoms with Gasteiger partial charge in [-0.1, -0.05) is 43.3 Å². The molecule has 1 aromatic carbocycles. The molecule has 0 fully saturated rings. The molecule has 1 unspecified atom stereocenters. The number of benzene rings is 1. The van der Waals surface area contributed by atoms with Gasteiger partial charge in [0.05, 0.1) is 0 Å². The molecule has 5 heteroatoms. The van der Waals surface area contributed by atoms with Crippen LogP contribution in [-0.2, 0) is 0 Å². The van der Waals surface area contributed by atoms with Gasteiger partial charge in [0.1, 0.15) is 5.76 Å². The number of rotatable bonds is 5. The van der Waals surface area contributed by atoms with E-state index in [1.54, 1.807) is 13.0 Å². The van der Waals surface area contributed by atoms with Crippen molar-refractivity contribution in [1.82, 2.24) is 10.5 Å². The van der Waals surface area contributed by atoms with Crippen molar-refractivity contribution in [1.29, 1.82) is 0 Å². The maximum absolute atomic E-state index is 11.8. The van der Waals surface area contributed by atoms with E-state index in [0.29, 0.717) is 18.2 Å². The number of carbonyl (C=O) groups is 1. The lowest BCUT2D eigenvalue weighted by Crippen LogP contribution is -2.32. The van der Waals surface area contributed by atoms with E-state index in [9.17, 15) is 4.79 Å². The molecular formula is C16H21N3O2. The first-order valence-electron chi connectivity index (χ1n) is 7.04. The highest BCUT2D eigenvalue weighted by Gasteiger charge is 2.13. The molecule has 2 rings (SSSR count). The molecule has 0 spiro atoms. The van der Waals surface area contributed by atoms with E-state index >= 15 is 0 Å². The molecule has 0 aliphatic rings. The Kier molecular flexibility index (Phi) is 4.75. The van der Waals surface area contributed by atoms with Gasteiger partial charge in [0, 0.05) is 18.7 Å². The molecular weight excluding hydrogens is 266 g/mol. The average Bonchev–Trinajstić information content (AvgIpc) is 2.91. The predicted molar refractivity (Wildman–Crippen MR) is 81.0 cm³/mol. The van der Waals surface area contributed by atoms with Crippen molar-refractivity contribution >= 4 is 5.91 Å². The molecule has 112 valence electrons. The van der Waals surface area contributed by atoms with E-state index in [1.165, 1.54) is 5.56 Å². The molecule has 2 aromatic rings. The smallest absolute Gasteiger partial charge is 0.273 e. The van der Waals surface area contributed by atoms with Gasteiger partial charge >= 0.3 is 0 Å². The van der Waals surface area contributed by atoms with Gasteiger partial charge in [-0.15, -0.1) is 0 Å². The van der Waals surface area contributed by atoms with Crippen LogP contribution in [0.3, 0.4) is 0 Å². The van der Waals surface area contributed by atoms with Gasteiger partial charge in [0.25, 0.3) is 5.91 Å². The molecule has 21 heavy (non-hydrogen) atoms. The number of nitrogens with zero attached hydrogens (tertiary/aromatic N) is 1. The number of hydrogen-bond donors (Lipinski definition) is 2. The highest BCUT2D eigenvalue weighted by Crippen LogP contribution is 2.17. The number of aromatic nitrogens is 1. The van der Waals surface area contributed by atoms with Crippen LogP contribution in [0.2, 0.25) is 0 Å². The third-order valence-corrected chi connectivity index (χ3v) is 3.37. The lowest BCUT2D eigenvalue weighted by molar-refractivity contribution is 0.0942. The Balaban J connectivity index is 1.92. The third kappa shape index (κ3) is 3.92. The highest BCUT2D eigenvalue weighted by atomic mass is 16.5. The molecule has 1 amide bonds. The SMILES string of the molecule is Cc1cc(C(=O)NCC(N)c2ccc(C(C)C)cc2)no1. The molecule has 5 nitrogen and oxygen atoms in total. The standard InChI is InChI=1S/C16H21N3O2/c1-10(2)12-4-6-13(7-5-12)14(17)9-18-16(20)15-8-11(3)21-19-15/h4-8,10,14H,9,17H2,1-3H3,(H,18,20). The topological polar surface area (TPSA) is 81.2 Å². The maximum Gasteiger partial charge on any atom is 0.273 e. The van der Waals surface area contributed by atoms with E-state index in [4.69, 9.17) is 10.3 Å². The zero-order valence-electron chi connectivity index (χ0n) is 12.6. The summed E-state index contributed by atoms with van der Waals surface area (Å²) in [6.45, 7) is 6.39. The Morgan fingerprint density at radius 3 is 2.43 bits per heavy atom. The van der Waals surface area contributed by atoms with Crippen LogP contribution >= 0.6 is 0 Å². The van der Waals surface area contributed by atoms with Crippen LogP contribution in [0, 0.1) is 6.92 Å². The first-order chi connectivity index (χ1) is 9.97. The van der Waals surface area contributed by atoms with Gasteiger partial charge in [-0.3, -0.25) is 4.79 Å². The van der Waals surface area contributed by atoms with Crippen molar-refractivity contribution in [3.63, 3.8) is 0 Å². The van der Waals surface area contributed by atoms with Gasteiger partial charge < -0.3 is 15.6 Å². The predicted octanol–water partition coefficient (Wildman–Crippen LogP) is 2.54. The minimum atomic E-state index is -0.277. The van der Waals surface area contributed by atoms with Crippen LogP contribution < -0.4 is 11.1 Å². The van der Waals surface area contributed by atoms with E-state index < -0.39 is 0 Å². The van der Waals surface area contributed by atoms with Crippen molar-refractivity contribution in [2.45, 2.75) is 32.7 Å². The second-order valence-electron chi connectivity index (χ2n) is 5.46. The summed E-state index contributed by atoms with van der Waals surface area (Å²) in [5.74, 6) is 0.820. The molecule has 1 atom stereocenters. The highest BCUT2D eigenvalue weighted by molar-refractivity contribution is 5.92. The van der Waals surface area contributed by atoms with Crippen LogP contribution in [0.15, 0.2) is 34.9 Å². The molecule has 0 radical (unpaired) electrons. The number of nitrogens with one attached hydrogen (secondary N) is 1. The fraction of sp³-hybridized carbons (Fsp3) is 0.375. The Bertz CT molecular complexity index is 602. The summed E-state index contributed by atoms with van der Waals surface area (Å²) >= 11 is 0. The molecule has 0 saturated carbocycles. The summed E-state index contributed by atoms with van der Waals surface area (Å²) in [6.07, 6.45) is 0. The molecule has 3 N–H and O–H groups in total. The monoisotopic (exact) mass is 287 g/mol. The molecule has 0 bridgehead atoms. The summed E-state index contributed by atoms with van der Waals surface area (Å²) in [4.78, 5) is 11.8. The minimum Gasteiger partial charge on any atom is -0.361 e. The molecule has 0 aliphatic carbocycles. The Labute approximate surface area is 124 Å². The quantitative estimate of drug-likeness (QED) is 0.885. The summed E-state index contributed by atoms with van der Waals surface area (Å²) in [5.41, 5.74) is 8.63. The first-order valence-corrected chi connectivity index (χ1v) is 7.04. The third-order valence-electron chi connectivity index (χ3n) is 3.37. The van der Waals surface area contributed by atoms with Crippen molar-refractivity contribution in [3.05, 3.63) is 52.9 Å². The average molecular weight is 287 g/mol. The zero-order chi connectivity index (χ0) is 15.4. The first kappa shape index (κ1) is 15.3. The van der Waals surface area contributed by atoms with Crippen LogP contribution in [0.1, 0.15) is 53.2 Å². The lowest BCUT2D eigenvalue weighted by Gasteiger charge is -2.14. The van der Waals surface area contributed by atoms with E-state index in [1.807, 2.05) is 12.1 Å². The summed E-state index contributed by atoms with van der Waals surface area (Å²) < 4.78 is 4.87. The number of amides is 1. The largest absolute Gasteiger partial charge is 0.361 e. The number of nitrogens with two attached hydrogens (primary N) is 1. The van der Waals surface area contributed by atoms with Crippen LogP contribution in [0.4, 0.5) is 0 Å². The summed E-state index contributed by atoms with van der Waals surface area (Å²) in [6, 6.07) is 9.51. The minimum absolute atomic E-state index is 0.247. The number of aryl methyl sites for hydroxylation is 1. The van der Waals surface area contributed by atoms with Gasteiger partial charge in [-0.05, 0) is 24.0 Å². The molecule has 0 aliphatic heterocycles. The fourth-order valence-electron chi connectivity index (χ4n) is 2.01. The van der Waals surface area contributed by atoms with E-state index in [2.05, 4.69) is 36.5 Å². The van der Waals surface area contributed by atoms with E-state index in [0.717, 1.165) is 5.56 Å². The fourth-order valence-corrected chi connectivity index (χ4v) is 2.01. The van der Waals surface area contributed by atoms with E-state index in [-0.39, 0.29) is 17.6 Å². The summed E-state index contributed by atoms with van der Waals surface area (Å²) in [5, 5.41) is 6.43. The second-order valence-corrected chi connectivity index (χ2v) is 5.46. The van der Waals surface area contributed by atoms with Crippen LogP contribution in [-0.4, -0.2) is 17.6 Å². The normalized spacial score (nSPS) is 12.4. The number of hydrogen-bond acceptors (Lipinski definition) is 4. The van der Waals surface area contributed by atoms with Crippen LogP contribution in [0.5, 0.6) is 0 Å². The van der Waals surface area contributed by atoms with Gasteiger partial charge in [-0.25, -0.2) is 0 Å². The molecule has 1 heterocycles. The van der Waals surface area contributed by atoms with Crippen molar-refractivity contribution < 1.29 is 9.32 Å². The lowest BCUT2D eigenvalue weighted by atomic mass is 9.99. The Morgan fingerprint density at radius 1 is 1.29 bits per heavy atom. The Morgan fingerprint density at radius 2 is 1.90 bits per heavy atom. The maximum atomic E-state index is 11.8. The van der Waals surface area contributed by atoms with Gasteiger partial charge in [0.2, 0.25) is 0 Å².